The Morgan fingerprint density at radius 3 is 2.57 bits per heavy atom. The van der Waals surface area contributed by atoms with Crippen molar-refractivity contribution >= 4 is 17.6 Å². The average molecular weight is 310 g/mol. The molecule has 5 heteroatoms. The van der Waals surface area contributed by atoms with Gasteiger partial charge in [0.2, 0.25) is 0 Å². The first-order valence-electron chi connectivity index (χ1n) is 7.55. The lowest BCUT2D eigenvalue weighted by molar-refractivity contribution is -0.0236. The fourth-order valence-electron chi connectivity index (χ4n) is 2.33. The van der Waals surface area contributed by atoms with Crippen LogP contribution in [0.15, 0.2) is 29.3 Å². The Labute approximate surface area is 131 Å². The lowest BCUT2D eigenvalue weighted by Crippen LogP contribution is -2.43. The van der Waals surface area contributed by atoms with Crippen LogP contribution in [-0.4, -0.2) is 29.8 Å². The summed E-state index contributed by atoms with van der Waals surface area (Å²) >= 11 is 5.91. The zero-order chi connectivity index (χ0) is 15.3. The highest BCUT2D eigenvalue weighted by Gasteiger charge is 2.34. The van der Waals surface area contributed by atoms with Crippen molar-refractivity contribution in [2.75, 3.05) is 13.1 Å². The minimum absolute atomic E-state index is 0.121. The van der Waals surface area contributed by atoms with Gasteiger partial charge in [-0.25, -0.2) is 0 Å². The van der Waals surface area contributed by atoms with Crippen molar-refractivity contribution in [1.29, 1.82) is 0 Å². The molecule has 0 spiro atoms. The maximum Gasteiger partial charge on any atom is 0.191 e. The van der Waals surface area contributed by atoms with Crippen LogP contribution >= 0.6 is 11.6 Å². The summed E-state index contributed by atoms with van der Waals surface area (Å²) in [4.78, 5) is 4.51. The predicted molar refractivity (Wildman–Crippen MR) is 87.8 cm³/mol. The molecule has 0 bridgehead atoms. The van der Waals surface area contributed by atoms with Gasteiger partial charge in [-0.2, -0.15) is 0 Å². The van der Waals surface area contributed by atoms with E-state index in [0.29, 0.717) is 6.54 Å². The molecular formula is C16H24ClN3O. The van der Waals surface area contributed by atoms with Crippen molar-refractivity contribution in [2.24, 2.45) is 4.99 Å². The molecule has 1 aliphatic carbocycles. The fourth-order valence-corrected chi connectivity index (χ4v) is 2.46. The predicted octanol–water partition coefficient (Wildman–Crippen LogP) is 2.87. The Hall–Kier alpha value is -1.26. The molecule has 4 nitrogen and oxygen atoms in total. The number of aliphatic hydroxyl groups is 1. The summed E-state index contributed by atoms with van der Waals surface area (Å²) in [6, 6.07) is 7.90. The number of nitrogens with zero attached hydrogens (tertiary/aromatic N) is 1. The van der Waals surface area contributed by atoms with Gasteiger partial charge in [-0.05, 0) is 50.8 Å². The summed E-state index contributed by atoms with van der Waals surface area (Å²) in [5.41, 5.74) is 0.554. The Kier molecular flexibility index (Phi) is 5.48. The summed E-state index contributed by atoms with van der Waals surface area (Å²) in [5.74, 6) is 0.736. The molecule has 0 aliphatic heterocycles. The van der Waals surface area contributed by atoms with Crippen molar-refractivity contribution in [2.45, 2.75) is 44.8 Å². The van der Waals surface area contributed by atoms with Gasteiger partial charge in [0.1, 0.15) is 0 Å². The molecule has 2 rings (SSSR count). The van der Waals surface area contributed by atoms with Crippen molar-refractivity contribution in [3.05, 3.63) is 34.9 Å². The third-order valence-corrected chi connectivity index (χ3v) is 4.14. The zero-order valence-corrected chi connectivity index (χ0v) is 13.5. The second-order valence-corrected chi connectivity index (χ2v) is 6.13. The number of hydrogen-bond donors (Lipinski definition) is 3. The SMILES string of the molecule is CCNC(=NCC1(O)CCC1)NC(C)c1ccc(Cl)cc1. The highest BCUT2D eigenvalue weighted by Crippen LogP contribution is 2.31. The molecule has 3 N–H and O–H groups in total. The van der Waals surface area contributed by atoms with Gasteiger partial charge in [0.15, 0.2) is 5.96 Å². The molecule has 1 saturated carbocycles. The molecule has 21 heavy (non-hydrogen) atoms. The van der Waals surface area contributed by atoms with Crippen LogP contribution in [0.3, 0.4) is 0 Å². The Bertz CT molecular complexity index is 483. The molecule has 1 atom stereocenters. The van der Waals surface area contributed by atoms with Gasteiger partial charge < -0.3 is 15.7 Å². The highest BCUT2D eigenvalue weighted by atomic mass is 35.5. The molecule has 0 radical (unpaired) electrons. The first-order chi connectivity index (χ1) is 10.0. The second kappa shape index (κ2) is 7.14. The van der Waals surface area contributed by atoms with Gasteiger partial charge in [-0.15, -0.1) is 0 Å². The van der Waals surface area contributed by atoms with Gasteiger partial charge in [0.05, 0.1) is 18.2 Å². The van der Waals surface area contributed by atoms with E-state index in [4.69, 9.17) is 11.6 Å². The summed E-state index contributed by atoms with van der Waals surface area (Å²) in [7, 11) is 0. The zero-order valence-electron chi connectivity index (χ0n) is 12.7. The summed E-state index contributed by atoms with van der Waals surface area (Å²) in [5, 5.41) is 17.4. The molecule has 1 aliphatic rings. The largest absolute Gasteiger partial charge is 0.388 e. The van der Waals surface area contributed by atoms with Crippen molar-refractivity contribution in [1.82, 2.24) is 10.6 Å². The summed E-state index contributed by atoms with van der Waals surface area (Å²) < 4.78 is 0. The topological polar surface area (TPSA) is 56.7 Å². The third kappa shape index (κ3) is 4.61. The summed E-state index contributed by atoms with van der Waals surface area (Å²) in [6.45, 7) is 5.35. The van der Waals surface area contributed by atoms with Crippen LogP contribution in [0.4, 0.5) is 0 Å². The second-order valence-electron chi connectivity index (χ2n) is 5.69. The molecule has 0 saturated heterocycles. The molecule has 0 aromatic heterocycles. The Morgan fingerprint density at radius 2 is 2.05 bits per heavy atom. The van der Waals surface area contributed by atoms with Crippen LogP contribution < -0.4 is 10.6 Å². The number of halogens is 1. The minimum atomic E-state index is -0.591. The number of hydrogen-bond acceptors (Lipinski definition) is 2. The van der Waals surface area contributed by atoms with Crippen LogP contribution in [0, 0.1) is 0 Å². The van der Waals surface area contributed by atoms with Crippen molar-refractivity contribution in [3.63, 3.8) is 0 Å². The van der Waals surface area contributed by atoms with E-state index in [1.54, 1.807) is 0 Å². The number of nitrogens with one attached hydrogen (secondary N) is 2. The minimum Gasteiger partial charge on any atom is -0.388 e. The van der Waals surface area contributed by atoms with Gasteiger partial charge in [0.25, 0.3) is 0 Å². The van der Waals surface area contributed by atoms with Crippen molar-refractivity contribution in [3.8, 4) is 0 Å². The van der Waals surface area contributed by atoms with Crippen LogP contribution in [0.25, 0.3) is 0 Å². The van der Waals surface area contributed by atoms with Crippen LogP contribution in [0.1, 0.15) is 44.7 Å². The molecular weight excluding hydrogens is 286 g/mol. The number of rotatable bonds is 5. The van der Waals surface area contributed by atoms with Gasteiger partial charge in [0, 0.05) is 11.6 Å². The van der Waals surface area contributed by atoms with E-state index < -0.39 is 5.60 Å². The monoisotopic (exact) mass is 309 g/mol. The standard InChI is InChI=1S/C16H24ClN3O/c1-3-18-15(19-11-16(21)9-4-10-16)20-12(2)13-5-7-14(17)8-6-13/h5-8,12,21H,3-4,9-11H2,1-2H3,(H2,18,19,20). The number of aliphatic imine (C=N–C) groups is 1. The van der Waals surface area contributed by atoms with Gasteiger partial charge in [-0.3, -0.25) is 4.99 Å². The lowest BCUT2D eigenvalue weighted by atomic mass is 9.80. The van der Waals surface area contributed by atoms with E-state index in [0.717, 1.165) is 42.4 Å². The average Bonchev–Trinajstić information content (AvgIpc) is 2.43. The first-order valence-corrected chi connectivity index (χ1v) is 7.93. The normalized spacial score (nSPS) is 18.8. The smallest absolute Gasteiger partial charge is 0.191 e. The maximum atomic E-state index is 10.1. The van der Waals surface area contributed by atoms with Crippen LogP contribution in [-0.2, 0) is 0 Å². The lowest BCUT2D eigenvalue weighted by Gasteiger charge is -2.35. The molecule has 1 aromatic carbocycles. The molecule has 1 fully saturated rings. The van der Waals surface area contributed by atoms with Crippen molar-refractivity contribution < 1.29 is 5.11 Å². The Morgan fingerprint density at radius 1 is 1.38 bits per heavy atom. The molecule has 1 unspecified atom stereocenters. The van der Waals surface area contributed by atoms with Gasteiger partial charge in [-0.1, -0.05) is 23.7 Å². The molecule has 116 valence electrons. The third-order valence-electron chi connectivity index (χ3n) is 3.88. The highest BCUT2D eigenvalue weighted by molar-refractivity contribution is 6.30. The molecule has 0 heterocycles. The molecule has 1 aromatic rings. The fraction of sp³-hybridized carbons (Fsp3) is 0.562. The van der Waals surface area contributed by atoms with Crippen LogP contribution in [0.2, 0.25) is 5.02 Å². The van der Waals surface area contributed by atoms with Gasteiger partial charge >= 0.3 is 0 Å². The first kappa shape index (κ1) is 16.1. The van der Waals surface area contributed by atoms with E-state index >= 15 is 0 Å². The number of guanidine groups is 1. The summed E-state index contributed by atoms with van der Waals surface area (Å²) in [6.07, 6.45) is 2.79. The van der Waals surface area contributed by atoms with E-state index in [-0.39, 0.29) is 6.04 Å². The van der Waals surface area contributed by atoms with E-state index in [9.17, 15) is 5.11 Å². The van der Waals surface area contributed by atoms with E-state index in [1.165, 1.54) is 0 Å². The molecule has 0 amide bonds. The van der Waals surface area contributed by atoms with Crippen LogP contribution in [0.5, 0.6) is 0 Å². The quantitative estimate of drug-likeness (QED) is 0.579. The number of benzene rings is 1. The van der Waals surface area contributed by atoms with E-state index in [1.807, 2.05) is 31.2 Å². The maximum absolute atomic E-state index is 10.1. The van der Waals surface area contributed by atoms with E-state index in [2.05, 4.69) is 22.5 Å². The Balaban J connectivity index is 1.97.